The summed E-state index contributed by atoms with van der Waals surface area (Å²) in [6.45, 7) is 2.22. The van der Waals surface area contributed by atoms with Crippen LogP contribution in [0.4, 0.5) is 0 Å². The van der Waals surface area contributed by atoms with Crippen LogP contribution < -0.4 is 4.74 Å². The smallest absolute Gasteiger partial charge is 0.192 e. The molecule has 0 spiro atoms. The number of H-pyrrole nitrogens is 1. The summed E-state index contributed by atoms with van der Waals surface area (Å²) in [6.07, 6.45) is 2.17. The third-order valence-electron chi connectivity index (χ3n) is 5.35. The average Bonchev–Trinajstić information content (AvgIpc) is 3.43. The highest BCUT2D eigenvalue weighted by Gasteiger charge is 2.30. The van der Waals surface area contributed by atoms with Crippen LogP contribution in [0.3, 0.4) is 0 Å². The van der Waals surface area contributed by atoms with E-state index >= 15 is 0 Å². The van der Waals surface area contributed by atoms with E-state index < -0.39 is 0 Å². The largest absolute Gasteiger partial charge is 0.484 e. The summed E-state index contributed by atoms with van der Waals surface area (Å²) in [5.74, 6) is 1.76. The second kappa shape index (κ2) is 8.40. The molecule has 5 rings (SSSR count). The number of ether oxygens (including phenoxy) is 1. The number of halogens is 1. The molecular formula is C23H21ClN4O2S. The molecule has 2 aromatic carbocycles. The van der Waals surface area contributed by atoms with Gasteiger partial charge >= 0.3 is 0 Å². The van der Waals surface area contributed by atoms with Crippen molar-refractivity contribution in [3.63, 3.8) is 0 Å². The second-order valence-corrected chi connectivity index (χ2v) is 8.95. The van der Waals surface area contributed by atoms with Crippen molar-refractivity contribution in [2.75, 3.05) is 5.75 Å². The number of aromatic nitrogens is 4. The van der Waals surface area contributed by atoms with Crippen molar-refractivity contribution in [3.05, 3.63) is 70.6 Å². The maximum atomic E-state index is 13.0. The summed E-state index contributed by atoms with van der Waals surface area (Å²) in [4.78, 5) is 16.3. The van der Waals surface area contributed by atoms with Gasteiger partial charge in [0.1, 0.15) is 12.4 Å². The first-order chi connectivity index (χ1) is 15.1. The summed E-state index contributed by atoms with van der Waals surface area (Å²) >= 11 is 7.61. The van der Waals surface area contributed by atoms with Gasteiger partial charge in [-0.1, -0.05) is 53.7 Å². The van der Waals surface area contributed by atoms with Crippen LogP contribution in [0.15, 0.2) is 53.7 Å². The lowest BCUT2D eigenvalue weighted by molar-refractivity contribution is 0.102. The summed E-state index contributed by atoms with van der Waals surface area (Å²) in [5, 5.41) is 11.0. The number of benzene rings is 2. The molecule has 0 unspecified atom stereocenters. The number of carbonyl (C=O) groups is 1. The normalized spacial score (nSPS) is 13.6. The number of aryl methyl sites for hydroxylation is 1. The Morgan fingerprint density at radius 3 is 2.77 bits per heavy atom. The van der Waals surface area contributed by atoms with Crippen LogP contribution in [0.5, 0.6) is 5.75 Å². The van der Waals surface area contributed by atoms with Crippen LogP contribution in [-0.4, -0.2) is 31.3 Å². The van der Waals surface area contributed by atoms with Crippen molar-refractivity contribution in [3.8, 4) is 5.75 Å². The first-order valence-electron chi connectivity index (χ1n) is 10.2. The molecule has 4 aromatic rings. The zero-order valence-electron chi connectivity index (χ0n) is 17.0. The van der Waals surface area contributed by atoms with Crippen molar-refractivity contribution in [2.24, 2.45) is 0 Å². The number of nitrogens with one attached hydrogen (secondary N) is 1. The lowest BCUT2D eigenvalue weighted by Gasteiger charge is -2.10. The van der Waals surface area contributed by atoms with Gasteiger partial charge in [0.05, 0.1) is 10.8 Å². The van der Waals surface area contributed by atoms with Gasteiger partial charge in [0.15, 0.2) is 16.8 Å². The van der Waals surface area contributed by atoms with Crippen LogP contribution in [-0.2, 0) is 6.61 Å². The van der Waals surface area contributed by atoms with Gasteiger partial charge in [-0.3, -0.25) is 9.36 Å². The Labute approximate surface area is 189 Å². The van der Waals surface area contributed by atoms with Gasteiger partial charge in [0, 0.05) is 28.2 Å². The third-order valence-corrected chi connectivity index (χ3v) is 6.60. The van der Waals surface area contributed by atoms with E-state index in [9.17, 15) is 4.79 Å². The maximum Gasteiger partial charge on any atom is 0.192 e. The summed E-state index contributed by atoms with van der Waals surface area (Å²) in [5.41, 5.74) is 2.63. The molecular weight excluding hydrogens is 432 g/mol. The Hall–Kier alpha value is -2.77. The van der Waals surface area contributed by atoms with Gasteiger partial charge in [-0.15, -0.1) is 10.2 Å². The summed E-state index contributed by atoms with van der Waals surface area (Å²) in [6, 6.07) is 15.6. The minimum absolute atomic E-state index is 0.0826. The fraction of sp³-hybridized carbons (Fsp3) is 0.261. The number of Topliss-reactive ketones (excluding diaryl/α,β-unsaturated/α-hetero) is 1. The summed E-state index contributed by atoms with van der Waals surface area (Å²) < 4.78 is 7.98. The van der Waals surface area contributed by atoms with Crippen molar-refractivity contribution < 1.29 is 9.53 Å². The number of hydrogen-bond acceptors (Lipinski definition) is 5. The van der Waals surface area contributed by atoms with Gasteiger partial charge in [0.2, 0.25) is 0 Å². The van der Waals surface area contributed by atoms with E-state index in [0.717, 1.165) is 46.0 Å². The van der Waals surface area contributed by atoms with E-state index in [0.29, 0.717) is 22.6 Å². The number of hydrogen-bond donors (Lipinski definition) is 1. The molecule has 1 fully saturated rings. The zero-order valence-corrected chi connectivity index (χ0v) is 18.5. The van der Waals surface area contributed by atoms with Crippen molar-refractivity contribution >= 4 is 40.0 Å². The van der Waals surface area contributed by atoms with E-state index in [-0.39, 0.29) is 12.4 Å². The van der Waals surface area contributed by atoms with E-state index in [4.69, 9.17) is 16.3 Å². The molecule has 158 valence electrons. The number of nitrogens with zero attached hydrogens (tertiary/aromatic N) is 3. The van der Waals surface area contributed by atoms with Gasteiger partial charge in [0.25, 0.3) is 0 Å². The topological polar surface area (TPSA) is 72.8 Å². The molecule has 8 heteroatoms. The molecule has 31 heavy (non-hydrogen) atoms. The minimum atomic E-state index is 0.0826. The molecule has 0 bridgehead atoms. The minimum Gasteiger partial charge on any atom is -0.484 e. The fourth-order valence-electron chi connectivity index (χ4n) is 3.75. The predicted octanol–water partition coefficient (Wildman–Crippen LogP) is 5.61. The molecule has 0 amide bonds. The zero-order chi connectivity index (χ0) is 21.4. The van der Waals surface area contributed by atoms with Crippen LogP contribution in [0.25, 0.3) is 10.9 Å². The molecule has 0 aliphatic heterocycles. The van der Waals surface area contributed by atoms with Gasteiger partial charge in [-0.2, -0.15) is 0 Å². The number of carbonyl (C=O) groups excluding carboxylic acids is 1. The molecule has 1 aliphatic carbocycles. The van der Waals surface area contributed by atoms with Crippen LogP contribution >= 0.6 is 23.4 Å². The Morgan fingerprint density at radius 2 is 1.97 bits per heavy atom. The molecule has 1 aliphatic rings. The number of rotatable bonds is 8. The van der Waals surface area contributed by atoms with Crippen molar-refractivity contribution in [1.82, 2.24) is 19.7 Å². The van der Waals surface area contributed by atoms with Crippen LogP contribution in [0, 0.1) is 6.92 Å². The molecule has 1 saturated carbocycles. The maximum absolute atomic E-state index is 13.0. The summed E-state index contributed by atoms with van der Waals surface area (Å²) in [7, 11) is 0. The Morgan fingerprint density at radius 1 is 1.19 bits per heavy atom. The number of aromatic amines is 1. The van der Waals surface area contributed by atoms with Crippen molar-refractivity contribution in [2.45, 2.75) is 37.6 Å². The number of ketones is 1. The van der Waals surface area contributed by atoms with Crippen LogP contribution in [0.2, 0.25) is 5.02 Å². The Balaban J connectivity index is 1.32. The third kappa shape index (κ3) is 4.07. The van der Waals surface area contributed by atoms with Gasteiger partial charge in [-0.05, 0) is 38.0 Å². The first kappa shape index (κ1) is 20.2. The van der Waals surface area contributed by atoms with E-state index in [1.165, 1.54) is 11.8 Å². The molecule has 2 heterocycles. The molecule has 0 radical (unpaired) electrons. The highest BCUT2D eigenvalue weighted by molar-refractivity contribution is 7.99. The monoisotopic (exact) mass is 452 g/mol. The molecule has 2 aromatic heterocycles. The highest BCUT2D eigenvalue weighted by Crippen LogP contribution is 2.39. The molecule has 1 N–H and O–H groups in total. The second-order valence-electron chi connectivity index (χ2n) is 7.60. The Kier molecular flexibility index (Phi) is 5.46. The lowest BCUT2D eigenvalue weighted by atomic mass is 10.1. The average molecular weight is 453 g/mol. The fourth-order valence-corrected chi connectivity index (χ4v) is 4.83. The number of fused-ring (bicyclic) bond motifs is 1. The Bertz CT molecular complexity index is 1260. The van der Waals surface area contributed by atoms with E-state index in [2.05, 4.69) is 19.7 Å². The van der Waals surface area contributed by atoms with Gasteiger partial charge < -0.3 is 9.72 Å². The number of thioether (sulfide) groups is 1. The first-order valence-corrected chi connectivity index (χ1v) is 11.5. The van der Waals surface area contributed by atoms with Crippen molar-refractivity contribution in [1.29, 1.82) is 0 Å². The van der Waals surface area contributed by atoms with Gasteiger partial charge in [-0.25, -0.2) is 0 Å². The predicted molar refractivity (Wildman–Crippen MR) is 122 cm³/mol. The lowest BCUT2D eigenvalue weighted by Crippen LogP contribution is -2.09. The number of para-hydroxylation sites is 2. The molecule has 0 saturated heterocycles. The molecule has 0 atom stereocenters. The standard InChI is InChI=1S/C23H21ClN4O2S/c1-14-22(16-6-2-4-8-18(16)25-14)19(29)13-31-23-27-26-21(28(23)15-10-11-15)12-30-20-9-5-3-7-17(20)24/h2-9,15,25H,10-13H2,1H3. The van der Waals surface area contributed by atoms with E-state index in [1.807, 2.05) is 49.4 Å². The molecule has 6 nitrogen and oxygen atoms in total. The van der Waals surface area contributed by atoms with Crippen LogP contribution in [0.1, 0.15) is 40.8 Å². The SMILES string of the molecule is Cc1[nH]c2ccccc2c1C(=O)CSc1nnc(COc2ccccc2Cl)n1C1CC1. The van der Waals surface area contributed by atoms with E-state index in [1.54, 1.807) is 6.07 Å². The quantitative estimate of drug-likeness (QED) is 0.278. The highest BCUT2D eigenvalue weighted by atomic mass is 35.5.